The first-order chi connectivity index (χ1) is 6.33. The van der Waals surface area contributed by atoms with E-state index in [-0.39, 0.29) is 0 Å². The number of hydrogen-bond acceptors (Lipinski definition) is 2. The Labute approximate surface area is 78.0 Å². The van der Waals surface area contributed by atoms with Crippen LogP contribution in [0.15, 0.2) is 30.6 Å². The lowest BCUT2D eigenvalue weighted by molar-refractivity contribution is -0.726. The van der Waals surface area contributed by atoms with Crippen molar-refractivity contribution in [2.75, 3.05) is 0 Å². The number of halogens is 3. The maximum atomic E-state index is 12.0. The Bertz CT molecular complexity index is 297. The molecule has 0 saturated carbocycles. The van der Waals surface area contributed by atoms with Gasteiger partial charge < -0.3 is 10.2 Å². The van der Waals surface area contributed by atoms with Crippen LogP contribution < -0.4 is 4.57 Å². The lowest BCUT2D eigenvalue weighted by Gasteiger charge is -2.20. The summed E-state index contributed by atoms with van der Waals surface area (Å²) >= 11 is 0. The molecule has 0 bridgehead atoms. The predicted octanol–water partition coefficient (Wildman–Crippen LogP) is 0.217. The molecule has 0 radical (unpaired) electrons. The molecule has 0 spiro atoms. The van der Waals surface area contributed by atoms with E-state index in [0.717, 1.165) is 4.57 Å². The van der Waals surface area contributed by atoms with Crippen molar-refractivity contribution in [1.29, 1.82) is 0 Å². The van der Waals surface area contributed by atoms with Gasteiger partial charge in [-0.1, -0.05) is 6.07 Å². The molecule has 0 aromatic carbocycles. The summed E-state index contributed by atoms with van der Waals surface area (Å²) < 4.78 is 37.1. The smallest absolute Gasteiger partial charge is 0.354 e. The molecule has 0 fully saturated rings. The quantitative estimate of drug-likeness (QED) is 0.539. The average molecular weight is 208 g/mol. The zero-order valence-electron chi connectivity index (χ0n) is 7.07. The van der Waals surface area contributed by atoms with Gasteiger partial charge >= 0.3 is 12.0 Å². The van der Waals surface area contributed by atoms with E-state index in [4.69, 9.17) is 10.2 Å². The molecule has 0 aliphatic carbocycles. The van der Waals surface area contributed by atoms with E-state index in [0.29, 0.717) is 0 Å². The molecule has 0 aliphatic rings. The van der Waals surface area contributed by atoms with E-state index < -0.39 is 18.5 Å². The van der Waals surface area contributed by atoms with E-state index in [1.165, 1.54) is 24.5 Å². The predicted molar refractivity (Wildman–Crippen MR) is 39.9 cm³/mol. The minimum atomic E-state index is -5.06. The first-order valence-electron chi connectivity index (χ1n) is 3.78. The van der Waals surface area contributed by atoms with Crippen LogP contribution in [0.4, 0.5) is 13.2 Å². The molecule has 1 aromatic rings. The van der Waals surface area contributed by atoms with Crippen molar-refractivity contribution in [2.24, 2.45) is 0 Å². The topological polar surface area (TPSA) is 44.3 Å². The molecule has 0 atom stereocenters. The third-order valence-electron chi connectivity index (χ3n) is 1.63. The van der Waals surface area contributed by atoms with Crippen LogP contribution in [0.25, 0.3) is 0 Å². The van der Waals surface area contributed by atoms with Gasteiger partial charge in [-0.25, -0.2) is 0 Å². The third-order valence-corrected chi connectivity index (χ3v) is 1.63. The lowest BCUT2D eigenvalue weighted by atomic mass is 10.2. The maximum absolute atomic E-state index is 12.0. The Hall–Kier alpha value is -1.14. The van der Waals surface area contributed by atoms with Crippen LogP contribution in [-0.2, 0) is 6.54 Å². The van der Waals surface area contributed by atoms with Gasteiger partial charge in [0.05, 0.1) is 0 Å². The summed E-state index contributed by atoms with van der Waals surface area (Å²) in [4.78, 5) is 0. The Morgan fingerprint density at radius 2 is 1.50 bits per heavy atom. The standard InChI is InChI=1S/C8H9F3NO2/c9-8(10,11)7(13,14)6-12-4-2-1-3-5-12/h1-5,13-14H,6H2/q+1. The Morgan fingerprint density at radius 1 is 1.00 bits per heavy atom. The second-order valence-electron chi connectivity index (χ2n) is 2.86. The van der Waals surface area contributed by atoms with Crippen molar-refractivity contribution in [2.45, 2.75) is 18.5 Å². The monoisotopic (exact) mass is 208 g/mol. The average Bonchev–Trinajstić information content (AvgIpc) is 2.03. The summed E-state index contributed by atoms with van der Waals surface area (Å²) in [7, 11) is 0. The number of aromatic nitrogens is 1. The largest absolute Gasteiger partial charge is 0.449 e. The van der Waals surface area contributed by atoms with Gasteiger partial charge in [-0.3, -0.25) is 0 Å². The zero-order valence-corrected chi connectivity index (χ0v) is 7.07. The molecule has 0 amide bonds. The molecule has 1 heterocycles. The van der Waals surface area contributed by atoms with Crippen molar-refractivity contribution in [1.82, 2.24) is 0 Å². The van der Waals surface area contributed by atoms with E-state index in [2.05, 4.69) is 0 Å². The molecule has 1 aromatic heterocycles. The van der Waals surface area contributed by atoms with Crippen molar-refractivity contribution < 1.29 is 28.0 Å². The molecule has 78 valence electrons. The van der Waals surface area contributed by atoms with Crippen molar-refractivity contribution in [3.05, 3.63) is 30.6 Å². The number of rotatable bonds is 2. The maximum Gasteiger partial charge on any atom is 0.449 e. The minimum Gasteiger partial charge on any atom is -0.354 e. The molecular weight excluding hydrogens is 199 g/mol. The second kappa shape index (κ2) is 3.55. The summed E-state index contributed by atoms with van der Waals surface area (Å²) in [6, 6.07) is 4.60. The Morgan fingerprint density at radius 3 is 1.93 bits per heavy atom. The first kappa shape index (κ1) is 10.9. The van der Waals surface area contributed by atoms with E-state index >= 15 is 0 Å². The zero-order chi connectivity index (χ0) is 10.8. The van der Waals surface area contributed by atoms with Gasteiger partial charge in [-0.05, 0) is 0 Å². The first-order valence-corrected chi connectivity index (χ1v) is 3.78. The molecule has 0 saturated heterocycles. The van der Waals surface area contributed by atoms with E-state index in [1.807, 2.05) is 0 Å². The van der Waals surface area contributed by atoms with Gasteiger partial charge in [0.25, 0.3) is 0 Å². The summed E-state index contributed by atoms with van der Waals surface area (Å²) in [6.07, 6.45) is -2.43. The fourth-order valence-corrected chi connectivity index (χ4v) is 0.884. The summed E-state index contributed by atoms with van der Waals surface area (Å²) in [5.74, 6) is -3.70. The number of alkyl halides is 3. The molecule has 0 unspecified atom stereocenters. The molecule has 0 aliphatic heterocycles. The van der Waals surface area contributed by atoms with Gasteiger partial charge in [0.2, 0.25) is 6.54 Å². The van der Waals surface area contributed by atoms with Gasteiger partial charge in [0.15, 0.2) is 12.4 Å². The fraction of sp³-hybridized carbons (Fsp3) is 0.375. The molecule has 3 nitrogen and oxygen atoms in total. The van der Waals surface area contributed by atoms with E-state index in [9.17, 15) is 13.2 Å². The highest BCUT2D eigenvalue weighted by Gasteiger charge is 2.56. The number of aliphatic hydroxyl groups is 2. The lowest BCUT2D eigenvalue weighted by Crippen LogP contribution is -2.56. The third kappa shape index (κ3) is 2.43. The normalized spacial score (nSPS) is 12.9. The number of pyridine rings is 1. The summed E-state index contributed by atoms with van der Waals surface area (Å²) in [6.45, 7) is -0.947. The second-order valence-corrected chi connectivity index (χ2v) is 2.86. The van der Waals surface area contributed by atoms with Gasteiger partial charge in [-0.15, -0.1) is 0 Å². The number of hydrogen-bond donors (Lipinski definition) is 2. The molecule has 14 heavy (non-hydrogen) atoms. The molecular formula is C8H9F3NO2+. The minimum absolute atomic E-state index is 0.947. The number of nitrogens with zero attached hydrogens (tertiary/aromatic N) is 1. The van der Waals surface area contributed by atoms with Crippen LogP contribution in [-0.4, -0.2) is 22.2 Å². The summed E-state index contributed by atoms with van der Waals surface area (Å²) in [5.41, 5.74) is 0. The Balaban J connectivity index is 2.79. The van der Waals surface area contributed by atoms with Crippen LogP contribution in [0.1, 0.15) is 0 Å². The molecule has 1 rings (SSSR count). The van der Waals surface area contributed by atoms with Gasteiger partial charge in [0.1, 0.15) is 0 Å². The molecule has 2 N–H and O–H groups in total. The summed E-state index contributed by atoms with van der Waals surface area (Å²) in [5, 5.41) is 17.4. The molecule has 6 heteroatoms. The van der Waals surface area contributed by atoms with E-state index in [1.54, 1.807) is 6.07 Å². The fourth-order valence-electron chi connectivity index (χ4n) is 0.884. The van der Waals surface area contributed by atoms with Crippen LogP contribution in [0.5, 0.6) is 0 Å². The van der Waals surface area contributed by atoms with Crippen molar-refractivity contribution in [3.8, 4) is 0 Å². The highest BCUT2D eigenvalue weighted by Crippen LogP contribution is 2.27. The van der Waals surface area contributed by atoms with Crippen LogP contribution >= 0.6 is 0 Å². The SMILES string of the molecule is OC(O)(C[n+]1ccccc1)C(F)(F)F. The van der Waals surface area contributed by atoms with Crippen LogP contribution in [0.3, 0.4) is 0 Å². The highest BCUT2D eigenvalue weighted by molar-refractivity contribution is 4.84. The Kier molecular flexibility index (Phi) is 2.77. The van der Waals surface area contributed by atoms with Crippen molar-refractivity contribution in [3.63, 3.8) is 0 Å². The van der Waals surface area contributed by atoms with Crippen molar-refractivity contribution >= 4 is 0 Å². The van der Waals surface area contributed by atoms with Crippen LogP contribution in [0, 0.1) is 0 Å². The van der Waals surface area contributed by atoms with Gasteiger partial charge in [0, 0.05) is 12.1 Å². The van der Waals surface area contributed by atoms with Gasteiger partial charge in [-0.2, -0.15) is 17.7 Å². The van der Waals surface area contributed by atoms with Crippen LogP contribution in [0.2, 0.25) is 0 Å². The highest BCUT2D eigenvalue weighted by atomic mass is 19.4.